The lowest BCUT2D eigenvalue weighted by Gasteiger charge is -2.03. The van der Waals surface area contributed by atoms with Gasteiger partial charge in [-0.1, -0.05) is 6.07 Å². The number of hydrogen-bond acceptors (Lipinski definition) is 4. The van der Waals surface area contributed by atoms with Crippen LogP contribution in [0.25, 0.3) is 11.3 Å². The van der Waals surface area contributed by atoms with Crippen molar-refractivity contribution in [3.05, 3.63) is 65.6 Å². The fraction of sp³-hybridized carbons (Fsp3) is 0. The fourth-order valence-corrected chi connectivity index (χ4v) is 2.96. The minimum absolute atomic E-state index is 0.301. The number of benzene rings is 2. The maximum Gasteiger partial charge on any atom is 0.170 e. The van der Waals surface area contributed by atoms with E-state index in [-0.39, 0.29) is 5.82 Å². The summed E-state index contributed by atoms with van der Waals surface area (Å²) in [5, 5.41) is 18.9. The Morgan fingerprint density at radius 2 is 1.65 bits per heavy atom. The van der Waals surface area contributed by atoms with Gasteiger partial charge in [0, 0.05) is 0 Å². The number of nitriles is 2. The quantitative estimate of drug-likeness (QED) is 0.788. The van der Waals surface area contributed by atoms with Crippen LogP contribution in [0.5, 0.6) is 0 Å². The Labute approximate surface area is 136 Å². The highest BCUT2D eigenvalue weighted by molar-refractivity contribution is 7.99. The summed E-state index contributed by atoms with van der Waals surface area (Å²) in [4.78, 5) is 7.93. The number of imidazole rings is 1. The first-order valence-corrected chi connectivity index (χ1v) is 7.45. The Morgan fingerprint density at radius 1 is 1.00 bits per heavy atom. The molecule has 1 heterocycles. The summed E-state index contributed by atoms with van der Waals surface area (Å²) in [6.07, 6.45) is 1.64. The molecule has 0 unspecified atom stereocenters. The molecule has 4 nitrogen and oxygen atoms in total. The van der Waals surface area contributed by atoms with Crippen LogP contribution in [0.4, 0.5) is 4.39 Å². The van der Waals surface area contributed by atoms with Crippen LogP contribution in [-0.2, 0) is 0 Å². The van der Waals surface area contributed by atoms with Crippen LogP contribution >= 0.6 is 11.8 Å². The van der Waals surface area contributed by atoms with Crippen molar-refractivity contribution in [2.24, 2.45) is 0 Å². The second-order valence-electron chi connectivity index (χ2n) is 4.62. The van der Waals surface area contributed by atoms with E-state index >= 15 is 0 Å². The summed E-state index contributed by atoms with van der Waals surface area (Å²) in [6.45, 7) is 0. The zero-order valence-corrected chi connectivity index (χ0v) is 12.6. The van der Waals surface area contributed by atoms with Crippen LogP contribution in [0.1, 0.15) is 11.1 Å². The number of hydrogen-bond donors (Lipinski definition) is 1. The Kier molecular flexibility index (Phi) is 4.09. The first-order chi connectivity index (χ1) is 11.2. The van der Waals surface area contributed by atoms with Crippen molar-refractivity contribution >= 4 is 11.8 Å². The zero-order valence-electron chi connectivity index (χ0n) is 11.7. The van der Waals surface area contributed by atoms with E-state index in [1.165, 1.54) is 23.9 Å². The van der Waals surface area contributed by atoms with Gasteiger partial charge in [-0.15, -0.1) is 0 Å². The van der Waals surface area contributed by atoms with E-state index < -0.39 is 0 Å². The third kappa shape index (κ3) is 3.08. The lowest BCUT2D eigenvalue weighted by molar-refractivity contribution is 0.628. The van der Waals surface area contributed by atoms with Gasteiger partial charge in [0.1, 0.15) is 18.0 Å². The second-order valence-corrected chi connectivity index (χ2v) is 5.62. The van der Waals surface area contributed by atoms with Crippen molar-refractivity contribution in [3.63, 3.8) is 0 Å². The first kappa shape index (κ1) is 14.8. The standard InChI is InChI=1S/C17H9FN4S/c18-14-6-4-11(5-7-14)15-10-21-17(22-15)23-16-12(8-19)2-1-3-13(16)9-20/h1-7,10H,(H,21,22). The molecule has 0 amide bonds. The lowest BCUT2D eigenvalue weighted by Crippen LogP contribution is -1.88. The molecule has 0 saturated carbocycles. The molecule has 23 heavy (non-hydrogen) atoms. The Bertz CT molecular complexity index is 900. The van der Waals surface area contributed by atoms with Crippen LogP contribution in [0.3, 0.4) is 0 Å². The van der Waals surface area contributed by atoms with Crippen LogP contribution in [0.2, 0.25) is 0 Å². The second kappa shape index (κ2) is 6.35. The molecule has 1 N–H and O–H groups in total. The molecule has 0 atom stereocenters. The van der Waals surface area contributed by atoms with E-state index in [4.69, 9.17) is 0 Å². The largest absolute Gasteiger partial charge is 0.333 e. The van der Waals surface area contributed by atoms with Gasteiger partial charge in [0.05, 0.1) is 27.9 Å². The number of H-pyrrole nitrogens is 1. The van der Waals surface area contributed by atoms with E-state index in [1.54, 1.807) is 36.5 Å². The predicted octanol–water partition coefficient (Wildman–Crippen LogP) is 4.11. The van der Waals surface area contributed by atoms with E-state index in [9.17, 15) is 14.9 Å². The summed E-state index contributed by atoms with van der Waals surface area (Å²) in [5.41, 5.74) is 2.39. The summed E-state index contributed by atoms with van der Waals surface area (Å²) in [5.74, 6) is -0.301. The number of rotatable bonds is 3. The maximum absolute atomic E-state index is 13.0. The summed E-state index contributed by atoms with van der Waals surface area (Å²) in [7, 11) is 0. The number of aromatic nitrogens is 2. The van der Waals surface area contributed by atoms with Gasteiger partial charge in [0.25, 0.3) is 0 Å². The molecule has 0 aliphatic heterocycles. The van der Waals surface area contributed by atoms with Crippen molar-refractivity contribution in [1.29, 1.82) is 10.5 Å². The van der Waals surface area contributed by atoms with Gasteiger partial charge in [-0.05, 0) is 53.7 Å². The lowest BCUT2D eigenvalue weighted by atomic mass is 10.1. The zero-order chi connectivity index (χ0) is 16.2. The predicted molar refractivity (Wildman–Crippen MR) is 84.0 cm³/mol. The minimum Gasteiger partial charge on any atom is -0.333 e. The highest BCUT2D eigenvalue weighted by Gasteiger charge is 2.12. The normalized spacial score (nSPS) is 10.0. The molecule has 3 rings (SSSR count). The number of aromatic amines is 1. The van der Waals surface area contributed by atoms with Crippen LogP contribution in [0, 0.1) is 28.5 Å². The highest BCUT2D eigenvalue weighted by Crippen LogP contribution is 2.32. The molecule has 0 saturated heterocycles. The molecule has 2 aromatic carbocycles. The summed E-state index contributed by atoms with van der Waals surface area (Å²) in [6, 6.07) is 15.2. The Balaban J connectivity index is 1.93. The van der Waals surface area contributed by atoms with Gasteiger partial charge >= 0.3 is 0 Å². The fourth-order valence-electron chi connectivity index (χ4n) is 2.05. The van der Waals surface area contributed by atoms with Crippen molar-refractivity contribution in [1.82, 2.24) is 9.97 Å². The Morgan fingerprint density at radius 3 is 2.26 bits per heavy atom. The smallest absolute Gasteiger partial charge is 0.170 e. The van der Waals surface area contributed by atoms with Gasteiger partial charge in [0.15, 0.2) is 5.16 Å². The molecular formula is C17H9FN4S. The molecule has 1 aromatic heterocycles. The SMILES string of the molecule is N#Cc1cccc(C#N)c1Sc1ncc(-c2ccc(F)cc2)[nH]1. The van der Waals surface area contributed by atoms with E-state index in [2.05, 4.69) is 22.1 Å². The molecule has 0 aliphatic carbocycles. The summed E-state index contributed by atoms with van der Waals surface area (Å²) >= 11 is 1.22. The molecule has 0 bridgehead atoms. The van der Waals surface area contributed by atoms with Crippen molar-refractivity contribution in [2.45, 2.75) is 10.1 Å². The third-order valence-electron chi connectivity index (χ3n) is 3.16. The van der Waals surface area contributed by atoms with Crippen LogP contribution in [-0.4, -0.2) is 9.97 Å². The topological polar surface area (TPSA) is 76.3 Å². The van der Waals surface area contributed by atoms with Crippen LogP contribution in [0.15, 0.2) is 58.7 Å². The molecular weight excluding hydrogens is 311 g/mol. The monoisotopic (exact) mass is 320 g/mol. The number of halogens is 1. The van der Waals surface area contributed by atoms with Gasteiger partial charge < -0.3 is 4.98 Å². The van der Waals surface area contributed by atoms with Gasteiger partial charge in [-0.3, -0.25) is 0 Å². The first-order valence-electron chi connectivity index (χ1n) is 6.63. The van der Waals surface area contributed by atoms with Crippen molar-refractivity contribution < 1.29 is 4.39 Å². The van der Waals surface area contributed by atoms with Gasteiger partial charge in [-0.2, -0.15) is 10.5 Å². The molecule has 0 fully saturated rings. The van der Waals surface area contributed by atoms with E-state index in [1.807, 2.05) is 0 Å². The van der Waals surface area contributed by atoms with Crippen molar-refractivity contribution in [2.75, 3.05) is 0 Å². The Hall–Kier alpha value is -3.09. The number of nitrogens with one attached hydrogen (secondary N) is 1. The van der Waals surface area contributed by atoms with E-state index in [0.29, 0.717) is 21.2 Å². The maximum atomic E-state index is 13.0. The minimum atomic E-state index is -0.301. The number of nitrogens with zero attached hydrogens (tertiary/aromatic N) is 3. The highest BCUT2D eigenvalue weighted by atomic mass is 32.2. The van der Waals surface area contributed by atoms with Gasteiger partial charge in [0.2, 0.25) is 0 Å². The summed E-state index contributed by atoms with van der Waals surface area (Å²) < 4.78 is 13.0. The molecule has 110 valence electrons. The third-order valence-corrected chi connectivity index (χ3v) is 4.21. The van der Waals surface area contributed by atoms with Gasteiger partial charge in [-0.25, -0.2) is 9.37 Å². The average Bonchev–Trinajstić information content (AvgIpc) is 3.04. The van der Waals surface area contributed by atoms with Crippen LogP contribution < -0.4 is 0 Å². The average molecular weight is 320 g/mol. The van der Waals surface area contributed by atoms with E-state index in [0.717, 1.165) is 11.3 Å². The molecule has 0 spiro atoms. The molecule has 0 aliphatic rings. The molecule has 3 aromatic rings. The molecule has 0 radical (unpaired) electrons. The van der Waals surface area contributed by atoms with Crippen molar-refractivity contribution in [3.8, 4) is 23.4 Å². The molecule has 6 heteroatoms.